The van der Waals surface area contributed by atoms with Gasteiger partial charge in [0, 0.05) is 6.42 Å². The van der Waals surface area contributed by atoms with Gasteiger partial charge in [0.1, 0.15) is 5.76 Å². The minimum Gasteiger partial charge on any atom is -0.469 e. The summed E-state index contributed by atoms with van der Waals surface area (Å²) >= 11 is 0. The van der Waals surface area contributed by atoms with Gasteiger partial charge < -0.3 is 4.42 Å². The van der Waals surface area contributed by atoms with Crippen LogP contribution in [0.4, 0.5) is 0 Å². The predicted octanol–water partition coefficient (Wildman–Crippen LogP) is 1.71. The SMILES string of the molecule is Cc1occc1C(=O)NNC(=O)C[C@@H]1C=CCC1. The maximum absolute atomic E-state index is 11.7. The molecule has 96 valence electrons. The summed E-state index contributed by atoms with van der Waals surface area (Å²) in [6, 6.07) is 1.57. The highest BCUT2D eigenvalue weighted by molar-refractivity contribution is 5.96. The smallest absolute Gasteiger partial charge is 0.273 e. The second-order valence-electron chi connectivity index (χ2n) is 4.36. The Bertz CT molecular complexity index is 476. The highest BCUT2D eigenvalue weighted by Gasteiger charge is 2.15. The van der Waals surface area contributed by atoms with E-state index in [2.05, 4.69) is 16.9 Å². The zero-order valence-electron chi connectivity index (χ0n) is 10.2. The Hall–Kier alpha value is -2.04. The standard InChI is InChI=1S/C13H16N2O3/c1-9-11(6-7-18-9)13(17)15-14-12(16)8-10-4-2-3-5-10/h2,4,6-7,10H,3,5,8H2,1H3,(H,14,16)(H,15,17)/t10-/m1/s1. The molecule has 2 amide bonds. The molecule has 0 fully saturated rings. The van der Waals surface area contributed by atoms with E-state index in [9.17, 15) is 9.59 Å². The maximum atomic E-state index is 11.7. The Morgan fingerprint density at radius 2 is 2.28 bits per heavy atom. The van der Waals surface area contributed by atoms with Crippen molar-refractivity contribution in [3.8, 4) is 0 Å². The van der Waals surface area contributed by atoms with E-state index < -0.39 is 0 Å². The highest BCUT2D eigenvalue weighted by Crippen LogP contribution is 2.19. The minimum atomic E-state index is -0.364. The Labute approximate surface area is 105 Å². The number of nitrogens with one attached hydrogen (secondary N) is 2. The molecular formula is C13H16N2O3. The molecule has 0 aromatic carbocycles. The van der Waals surface area contributed by atoms with Crippen molar-refractivity contribution in [3.05, 3.63) is 35.8 Å². The van der Waals surface area contributed by atoms with E-state index in [1.54, 1.807) is 13.0 Å². The second kappa shape index (κ2) is 5.53. The molecule has 0 aliphatic heterocycles. The largest absolute Gasteiger partial charge is 0.469 e. The molecule has 5 heteroatoms. The first kappa shape index (κ1) is 12.4. The number of amides is 2. The molecule has 0 unspecified atom stereocenters. The van der Waals surface area contributed by atoms with Crippen molar-refractivity contribution in [1.29, 1.82) is 0 Å². The Balaban J connectivity index is 1.77. The lowest BCUT2D eigenvalue weighted by Gasteiger charge is -2.09. The number of aryl methyl sites for hydroxylation is 1. The highest BCUT2D eigenvalue weighted by atomic mass is 16.3. The average Bonchev–Trinajstić information content (AvgIpc) is 2.97. The first-order chi connectivity index (χ1) is 8.66. The number of hydrazine groups is 1. The molecule has 5 nitrogen and oxygen atoms in total. The van der Waals surface area contributed by atoms with Gasteiger partial charge in [-0.2, -0.15) is 0 Å². The van der Waals surface area contributed by atoms with E-state index in [-0.39, 0.29) is 17.7 Å². The minimum absolute atomic E-state index is 0.180. The fourth-order valence-electron chi connectivity index (χ4n) is 1.97. The predicted molar refractivity (Wildman–Crippen MR) is 65.5 cm³/mol. The zero-order valence-corrected chi connectivity index (χ0v) is 10.2. The lowest BCUT2D eigenvalue weighted by molar-refractivity contribution is -0.122. The first-order valence-corrected chi connectivity index (χ1v) is 5.97. The maximum Gasteiger partial charge on any atom is 0.273 e. The van der Waals surface area contributed by atoms with Crippen LogP contribution in [0.3, 0.4) is 0 Å². The van der Waals surface area contributed by atoms with Gasteiger partial charge in [0.05, 0.1) is 11.8 Å². The number of carbonyl (C=O) groups excluding carboxylic acids is 2. The lowest BCUT2D eigenvalue weighted by Crippen LogP contribution is -2.42. The summed E-state index contributed by atoms with van der Waals surface area (Å²) in [7, 11) is 0. The van der Waals surface area contributed by atoms with E-state index in [0.29, 0.717) is 17.7 Å². The summed E-state index contributed by atoms with van der Waals surface area (Å²) in [6.07, 6.45) is 7.99. The van der Waals surface area contributed by atoms with Crippen LogP contribution in [0.1, 0.15) is 35.4 Å². The van der Waals surface area contributed by atoms with Gasteiger partial charge in [0.25, 0.3) is 5.91 Å². The van der Waals surface area contributed by atoms with Gasteiger partial charge in [0.2, 0.25) is 5.91 Å². The number of hydrogen-bond donors (Lipinski definition) is 2. The molecule has 18 heavy (non-hydrogen) atoms. The zero-order chi connectivity index (χ0) is 13.0. The van der Waals surface area contributed by atoms with Gasteiger partial charge in [-0.05, 0) is 31.7 Å². The molecule has 2 N–H and O–H groups in total. The van der Waals surface area contributed by atoms with E-state index in [0.717, 1.165) is 12.8 Å². The Morgan fingerprint density at radius 1 is 1.44 bits per heavy atom. The van der Waals surface area contributed by atoms with Crippen molar-refractivity contribution >= 4 is 11.8 Å². The molecular weight excluding hydrogens is 232 g/mol. The monoisotopic (exact) mass is 248 g/mol. The third-order valence-corrected chi connectivity index (χ3v) is 2.98. The average molecular weight is 248 g/mol. The molecule has 1 atom stereocenters. The summed E-state index contributed by atoms with van der Waals surface area (Å²) in [4.78, 5) is 23.2. The Morgan fingerprint density at radius 3 is 2.89 bits per heavy atom. The molecule has 0 bridgehead atoms. The van der Waals surface area contributed by atoms with Crippen molar-refractivity contribution in [3.63, 3.8) is 0 Å². The first-order valence-electron chi connectivity index (χ1n) is 5.97. The third-order valence-electron chi connectivity index (χ3n) is 2.98. The molecule has 1 aliphatic carbocycles. The van der Waals surface area contributed by atoms with E-state index in [4.69, 9.17) is 4.42 Å². The fraction of sp³-hybridized carbons (Fsp3) is 0.385. The van der Waals surface area contributed by atoms with Crippen molar-refractivity contribution < 1.29 is 14.0 Å². The number of carbonyl (C=O) groups is 2. The van der Waals surface area contributed by atoms with Crippen LogP contribution >= 0.6 is 0 Å². The van der Waals surface area contributed by atoms with Crippen LogP contribution in [-0.2, 0) is 4.79 Å². The second-order valence-corrected chi connectivity index (χ2v) is 4.36. The summed E-state index contributed by atoms with van der Waals surface area (Å²) < 4.78 is 5.02. The van der Waals surface area contributed by atoms with Gasteiger partial charge in [-0.3, -0.25) is 20.4 Å². The number of allylic oxidation sites excluding steroid dienone is 2. The quantitative estimate of drug-likeness (QED) is 0.631. The van der Waals surface area contributed by atoms with Crippen LogP contribution in [0.15, 0.2) is 28.9 Å². The molecule has 0 saturated heterocycles. The molecule has 1 heterocycles. The van der Waals surface area contributed by atoms with Gasteiger partial charge in [-0.1, -0.05) is 12.2 Å². The number of hydrogen-bond acceptors (Lipinski definition) is 3. The number of rotatable bonds is 3. The number of furan rings is 1. The van der Waals surface area contributed by atoms with E-state index in [1.807, 2.05) is 6.08 Å². The normalized spacial score (nSPS) is 17.7. The summed E-state index contributed by atoms with van der Waals surface area (Å²) in [5.41, 5.74) is 5.21. The summed E-state index contributed by atoms with van der Waals surface area (Å²) in [5.74, 6) is 0.274. The Kier molecular flexibility index (Phi) is 3.82. The van der Waals surface area contributed by atoms with Crippen molar-refractivity contribution in [1.82, 2.24) is 10.9 Å². The lowest BCUT2D eigenvalue weighted by atomic mass is 10.1. The van der Waals surface area contributed by atoms with E-state index >= 15 is 0 Å². The van der Waals surface area contributed by atoms with Crippen LogP contribution in [0.2, 0.25) is 0 Å². The van der Waals surface area contributed by atoms with Gasteiger partial charge in [-0.15, -0.1) is 0 Å². The van der Waals surface area contributed by atoms with Gasteiger partial charge in [0.15, 0.2) is 0 Å². The molecule has 1 aromatic rings. The fourth-order valence-corrected chi connectivity index (χ4v) is 1.97. The molecule has 0 radical (unpaired) electrons. The van der Waals surface area contributed by atoms with Crippen molar-refractivity contribution in [2.75, 3.05) is 0 Å². The van der Waals surface area contributed by atoms with Crippen LogP contribution in [0.25, 0.3) is 0 Å². The van der Waals surface area contributed by atoms with E-state index in [1.165, 1.54) is 6.26 Å². The summed E-state index contributed by atoms with van der Waals surface area (Å²) in [6.45, 7) is 1.69. The topological polar surface area (TPSA) is 71.3 Å². The van der Waals surface area contributed by atoms with Crippen LogP contribution in [0, 0.1) is 12.8 Å². The van der Waals surface area contributed by atoms with Gasteiger partial charge >= 0.3 is 0 Å². The summed E-state index contributed by atoms with van der Waals surface area (Å²) in [5, 5.41) is 0. The van der Waals surface area contributed by atoms with Crippen molar-refractivity contribution in [2.45, 2.75) is 26.2 Å². The molecule has 1 aromatic heterocycles. The molecule has 0 saturated carbocycles. The van der Waals surface area contributed by atoms with Crippen molar-refractivity contribution in [2.24, 2.45) is 5.92 Å². The van der Waals surface area contributed by atoms with Gasteiger partial charge in [-0.25, -0.2) is 0 Å². The third kappa shape index (κ3) is 3.00. The molecule has 2 rings (SSSR count). The molecule has 1 aliphatic rings. The van der Waals surface area contributed by atoms with Crippen LogP contribution in [0.5, 0.6) is 0 Å². The van der Waals surface area contributed by atoms with Crippen LogP contribution < -0.4 is 10.9 Å². The molecule has 0 spiro atoms. The van der Waals surface area contributed by atoms with Crippen LogP contribution in [-0.4, -0.2) is 11.8 Å².